The second-order valence-electron chi connectivity index (χ2n) is 7.25. The van der Waals surface area contributed by atoms with Gasteiger partial charge < -0.3 is 20.4 Å². The van der Waals surface area contributed by atoms with E-state index < -0.39 is 0 Å². The number of carbonyl (C=O) groups is 2. The lowest BCUT2D eigenvalue weighted by Gasteiger charge is -2.35. The number of carbonyl (C=O) groups excluding carboxylic acids is 2. The Morgan fingerprint density at radius 3 is 2.66 bits per heavy atom. The zero-order valence-electron chi connectivity index (χ0n) is 18.1. The van der Waals surface area contributed by atoms with Crippen molar-refractivity contribution in [2.75, 3.05) is 49.9 Å². The lowest BCUT2D eigenvalue weighted by Crippen LogP contribution is -2.52. The van der Waals surface area contributed by atoms with Gasteiger partial charge in [-0.2, -0.15) is 0 Å². The summed E-state index contributed by atoms with van der Waals surface area (Å²) in [5.74, 6) is 0.812. The van der Waals surface area contributed by atoms with E-state index in [4.69, 9.17) is 11.6 Å². The van der Waals surface area contributed by atoms with Crippen molar-refractivity contribution in [2.45, 2.75) is 24.9 Å². The van der Waals surface area contributed by atoms with Crippen LogP contribution in [0.2, 0.25) is 5.15 Å². The molecule has 1 fully saturated rings. The molecule has 1 aliphatic heterocycles. The molecule has 172 valence electrons. The second kappa shape index (κ2) is 12.4. The minimum atomic E-state index is -0.0947. The highest BCUT2D eigenvalue weighted by Gasteiger charge is 2.22. The van der Waals surface area contributed by atoms with Crippen LogP contribution in [0.15, 0.2) is 35.6 Å². The molecule has 3 amide bonds. The number of urea groups is 1. The third kappa shape index (κ3) is 7.52. The molecule has 2 N–H and O–H groups in total. The third-order valence-corrected chi connectivity index (χ3v) is 5.88. The zero-order valence-corrected chi connectivity index (χ0v) is 19.7. The molecule has 2 aromatic rings. The average molecular weight is 478 g/mol. The maximum atomic E-state index is 12.2. The number of piperazine rings is 1. The molecule has 9 nitrogen and oxygen atoms in total. The molecule has 32 heavy (non-hydrogen) atoms. The molecule has 0 aliphatic carbocycles. The number of hydrogen-bond donors (Lipinski definition) is 2. The maximum absolute atomic E-state index is 12.2. The summed E-state index contributed by atoms with van der Waals surface area (Å²) < 4.78 is 0. The topological polar surface area (TPSA) is 103 Å². The Hall–Kier alpha value is -2.59. The Bertz CT molecular complexity index is 895. The van der Waals surface area contributed by atoms with Gasteiger partial charge >= 0.3 is 6.03 Å². The van der Waals surface area contributed by atoms with E-state index in [1.807, 2.05) is 25.1 Å². The van der Waals surface area contributed by atoms with Crippen LogP contribution in [0.25, 0.3) is 0 Å². The van der Waals surface area contributed by atoms with Gasteiger partial charge in [0, 0.05) is 63.6 Å². The molecular formula is C21H28ClN7O2S. The molecular weight excluding hydrogens is 450 g/mol. The summed E-state index contributed by atoms with van der Waals surface area (Å²) in [5, 5.41) is 6.57. The van der Waals surface area contributed by atoms with Crippen LogP contribution in [0.3, 0.4) is 0 Å². The fourth-order valence-electron chi connectivity index (χ4n) is 3.15. The van der Waals surface area contributed by atoms with Gasteiger partial charge in [0.1, 0.15) is 11.0 Å². The van der Waals surface area contributed by atoms with Gasteiger partial charge in [0.2, 0.25) is 5.91 Å². The van der Waals surface area contributed by atoms with Crippen molar-refractivity contribution >= 4 is 41.1 Å². The van der Waals surface area contributed by atoms with Gasteiger partial charge in [-0.05, 0) is 18.6 Å². The normalized spacial score (nSPS) is 13.7. The predicted molar refractivity (Wildman–Crippen MR) is 126 cm³/mol. The largest absolute Gasteiger partial charge is 0.355 e. The van der Waals surface area contributed by atoms with Gasteiger partial charge in [0.25, 0.3) is 0 Å². The number of rotatable bonds is 9. The van der Waals surface area contributed by atoms with Crippen molar-refractivity contribution in [2.24, 2.45) is 0 Å². The third-order valence-electron chi connectivity index (χ3n) is 4.84. The van der Waals surface area contributed by atoms with Gasteiger partial charge in [-0.3, -0.25) is 9.78 Å². The first-order valence-electron chi connectivity index (χ1n) is 10.7. The summed E-state index contributed by atoms with van der Waals surface area (Å²) in [7, 11) is 0. The van der Waals surface area contributed by atoms with E-state index in [1.54, 1.807) is 17.2 Å². The fourth-order valence-corrected chi connectivity index (χ4v) is 4.06. The molecule has 11 heteroatoms. The van der Waals surface area contributed by atoms with Gasteiger partial charge in [0.15, 0.2) is 5.16 Å². The molecule has 3 heterocycles. The van der Waals surface area contributed by atoms with Crippen molar-refractivity contribution in [3.8, 4) is 0 Å². The molecule has 0 spiro atoms. The standard InChI is InChI=1S/C21H28ClN7O2S/c1-2-7-25-21(31)29-12-10-28(11-13-29)18-14-17(22)26-20(27-18)32-15-19(30)24-9-6-16-5-3-4-8-23-16/h3-5,8,14H,2,6-7,9-13,15H2,1H3,(H,24,30)(H,25,31). The quantitative estimate of drug-likeness (QED) is 0.324. The van der Waals surface area contributed by atoms with E-state index in [0.29, 0.717) is 61.8 Å². The van der Waals surface area contributed by atoms with Crippen LogP contribution in [0.5, 0.6) is 0 Å². The van der Waals surface area contributed by atoms with Crippen LogP contribution in [0.1, 0.15) is 19.0 Å². The van der Waals surface area contributed by atoms with Crippen LogP contribution < -0.4 is 15.5 Å². The summed E-state index contributed by atoms with van der Waals surface area (Å²) in [4.78, 5) is 41.2. The van der Waals surface area contributed by atoms with E-state index in [0.717, 1.165) is 12.1 Å². The Morgan fingerprint density at radius 2 is 1.94 bits per heavy atom. The number of amides is 3. The summed E-state index contributed by atoms with van der Waals surface area (Å²) in [5.41, 5.74) is 0.936. The van der Waals surface area contributed by atoms with Crippen molar-refractivity contribution in [1.82, 2.24) is 30.5 Å². The Balaban J connectivity index is 1.46. The smallest absolute Gasteiger partial charge is 0.317 e. The molecule has 1 saturated heterocycles. The average Bonchev–Trinajstić information content (AvgIpc) is 2.81. The number of anilines is 1. The Labute approximate surface area is 197 Å². The number of thioether (sulfide) groups is 1. The van der Waals surface area contributed by atoms with E-state index in [2.05, 4.69) is 30.5 Å². The van der Waals surface area contributed by atoms with E-state index >= 15 is 0 Å². The van der Waals surface area contributed by atoms with Crippen molar-refractivity contribution in [3.63, 3.8) is 0 Å². The highest BCUT2D eigenvalue weighted by Crippen LogP contribution is 2.22. The number of pyridine rings is 1. The number of halogens is 1. The zero-order chi connectivity index (χ0) is 22.8. The molecule has 0 radical (unpaired) electrons. The van der Waals surface area contributed by atoms with E-state index in [9.17, 15) is 9.59 Å². The Kier molecular flexibility index (Phi) is 9.36. The maximum Gasteiger partial charge on any atom is 0.317 e. The van der Waals surface area contributed by atoms with Crippen LogP contribution in [0, 0.1) is 0 Å². The molecule has 0 atom stereocenters. The van der Waals surface area contributed by atoms with Crippen LogP contribution in [-0.2, 0) is 11.2 Å². The highest BCUT2D eigenvalue weighted by molar-refractivity contribution is 7.99. The lowest BCUT2D eigenvalue weighted by molar-refractivity contribution is -0.118. The van der Waals surface area contributed by atoms with E-state index in [-0.39, 0.29) is 17.7 Å². The fraction of sp³-hybridized carbons (Fsp3) is 0.476. The number of hydrogen-bond acceptors (Lipinski definition) is 7. The summed E-state index contributed by atoms with van der Waals surface area (Å²) in [6.45, 7) is 5.76. The second-order valence-corrected chi connectivity index (χ2v) is 8.58. The van der Waals surface area contributed by atoms with E-state index in [1.165, 1.54) is 11.8 Å². The molecule has 0 aromatic carbocycles. The molecule has 0 unspecified atom stereocenters. The predicted octanol–water partition coefficient (Wildman–Crippen LogP) is 2.22. The SMILES string of the molecule is CCCNC(=O)N1CCN(c2cc(Cl)nc(SCC(=O)NCCc3ccccn3)n2)CC1. The monoisotopic (exact) mass is 477 g/mol. The molecule has 0 bridgehead atoms. The van der Waals surface area contributed by atoms with Crippen molar-refractivity contribution in [1.29, 1.82) is 0 Å². The summed E-state index contributed by atoms with van der Waals surface area (Å²) in [6, 6.07) is 7.40. The number of aromatic nitrogens is 3. The first-order valence-corrected chi connectivity index (χ1v) is 12.0. The van der Waals surface area contributed by atoms with Crippen LogP contribution in [0.4, 0.5) is 10.6 Å². The number of nitrogens with zero attached hydrogens (tertiary/aromatic N) is 5. The summed E-state index contributed by atoms with van der Waals surface area (Å²) in [6.07, 6.45) is 3.33. The van der Waals surface area contributed by atoms with Crippen LogP contribution in [-0.4, -0.2) is 76.8 Å². The van der Waals surface area contributed by atoms with Gasteiger partial charge in [-0.1, -0.05) is 36.4 Å². The van der Waals surface area contributed by atoms with Crippen LogP contribution >= 0.6 is 23.4 Å². The van der Waals surface area contributed by atoms with Gasteiger partial charge in [0.05, 0.1) is 5.75 Å². The Morgan fingerprint density at radius 1 is 1.12 bits per heavy atom. The first kappa shape index (κ1) is 24.1. The minimum absolute atomic E-state index is 0.0301. The lowest BCUT2D eigenvalue weighted by atomic mass is 10.3. The van der Waals surface area contributed by atoms with Crippen molar-refractivity contribution in [3.05, 3.63) is 41.3 Å². The first-order chi connectivity index (χ1) is 15.5. The molecule has 0 saturated carbocycles. The van der Waals surface area contributed by atoms with Gasteiger partial charge in [-0.15, -0.1) is 0 Å². The van der Waals surface area contributed by atoms with Crippen molar-refractivity contribution < 1.29 is 9.59 Å². The van der Waals surface area contributed by atoms with Gasteiger partial charge in [-0.25, -0.2) is 14.8 Å². The molecule has 2 aromatic heterocycles. The number of nitrogens with one attached hydrogen (secondary N) is 2. The summed E-state index contributed by atoms with van der Waals surface area (Å²) >= 11 is 7.45. The highest BCUT2D eigenvalue weighted by atomic mass is 35.5. The molecule has 1 aliphatic rings. The minimum Gasteiger partial charge on any atom is -0.355 e. The molecule has 3 rings (SSSR count).